The van der Waals surface area contributed by atoms with Gasteiger partial charge in [-0.25, -0.2) is 4.79 Å². The second-order valence-corrected chi connectivity index (χ2v) is 4.74. The average Bonchev–Trinajstić information content (AvgIpc) is 2.48. The average molecular weight is 307 g/mol. The molecule has 110 valence electrons. The van der Waals surface area contributed by atoms with E-state index >= 15 is 0 Å². The number of ether oxygens (including phenoxy) is 2. The molecule has 0 saturated heterocycles. The molecule has 0 unspecified atom stereocenters. The van der Waals surface area contributed by atoms with E-state index in [-0.39, 0.29) is 10.6 Å². The number of aromatic carboxylic acids is 1. The number of carbonyl (C=O) groups is 1. The van der Waals surface area contributed by atoms with E-state index in [0.29, 0.717) is 19.0 Å². The standard InChI is InChI=1S/C16H15ClO4/c1-20-8-9-21-15-5-3-2-4-12(15)11-6-7-14(17)13(10-11)16(18)19/h2-7,10H,8-9H2,1H3,(H,18,19). The van der Waals surface area contributed by atoms with E-state index in [0.717, 1.165) is 11.1 Å². The summed E-state index contributed by atoms with van der Waals surface area (Å²) in [6, 6.07) is 12.3. The molecule has 1 N–H and O–H groups in total. The minimum Gasteiger partial charge on any atom is -0.491 e. The fourth-order valence-electron chi connectivity index (χ4n) is 1.92. The number of benzene rings is 2. The fraction of sp³-hybridized carbons (Fsp3) is 0.188. The minimum atomic E-state index is -1.06. The van der Waals surface area contributed by atoms with Crippen LogP contribution in [0.15, 0.2) is 42.5 Å². The summed E-state index contributed by atoms with van der Waals surface area (Å²) in [5.41, 5.74) is 1.62. The molecule has 0 bridgehead atoms. The molecule has 0 aromatic heterocycles. The summed E-state index contributed by atoms with van der Waals surface area (Å²) >= 11 is 5.89. The molecule has 2 aromatic rings. The van der Waals surface area contributed by atoms with E-state index in [9.17, 15) is 4.79 Å². The third-order valence-corrected chi connectivity index (χ3v) is 3.27. The number of hydrogen-bond donors (Lipinski definition) is 1. The van der Waals surface area contributed by atoms with Gasteiger partial charge in [-0.15, -0.1) is 0 Å². The molecule has 0 amide bonds. The van der Waals surface area contributed by atoms with Crippen LogP contribution in [0.4, 0.5) is 0 Å². The summed E-state index contributed by atoms with van der Waals surface area (Å²) in [6.45, 7) is 0.905. The molecule has 0 fully saturated rings. The third kappa shape index (κ3) is 3.74. The van der Waals surface area contributed by atoms with Crippen molar-refractivity contribution in [3.05, 3.63) is 53.1 Å². The minimum absolute atomic E-state index is 0.0702. The Morgan fingerprint density at radius 3 is 2.67 bits per heavy atom. The molecule has 0 aliphatic rings. The van der Waals surface area contributed by atoms with Crippen molar-refractivity contribution in [1.29, 1.82) is 0 Å². The number of hydrogen-bond acceptors (Lipinski definition) is 3. The summed E-state index contributed by atoms with van der Waals surface area (Å²) in [5, 5.41) is 9.36. The lowest BCUT2D eigenvalue weighted by atomic mass is 10.0. The molecule has 0 spiro atoms. The van der Waals surface area contributed by atoms with Gasteiger partial charge in [-0.05, 0) is 23.8 Å². The van der Waals surface area contributed by atoms with Crippen LogP contribution >= 0.6 is 11.6 Å². The monoisotopic (exact) mass is 306 g/mol. The van der Waals surface area contributed by atoms with Gasteiger partial charge in [0.2, 0.25) is 0 Å². The first-order valence-corrected chi connectivity index (χ1v) is 6.75. The third-order valence-electron chi connectivity index (χ3n) is 2.94. The fourth-order valence-corrected chi connectivity index (χ4v) is 2.12. The lowest BCUT2D eigenvalue weighted by Gasteiger charge is -2.12. The van der Waals surface area contributed by atoms with E-state index in [2.05, 4.69) is 0 Å². The number of methoxy groups -OCH3 is 1. The van der Waals surface area contributed by atoms with Crippen molar-refractivity contribution in [2.24, 2.45) is 0 Å². The molecule has 0 aliphatic heterocycles. The summed E-state index contributed by atoms with van der Waals surface area (Å²) in [7, 11) is 1.60. The van der Waals surface area contributed by atoms with Gasteiger partial charge >= 0.3 is 5.97 Å². The van der Waals surface area contributed by atoms with Crippen LogP contribution in [0, 0.1) is 0 Å². The first-order valence-electron chi connectivity index (χ1n) is 6.37. The van der Waals surface area contributed by atoms with Gasteiger partial charge in [0, 0.05) is 12.7 Å². The highest BCUT2D eigenvalue weighted by Gasteiger charge is 2.12. The SMILES string of the molecule is COCCOc1ccccc1-c1ccc(Cl)c(C(=O)O)c1. The van der Waals surface area contributed by atoms with E-state index in [1.165, 1.54) is 0 Å². The van der Waals surface area contributed by atoms with Gasteiger partial charge in [-0.1, -0.05) is 35.9 Å². The Kier molecular flexibility index (Phi) is 5.20. The van der Waals surface area contributed by atoms with E-state index < -0.39 is 5.97 Å². The molecule has 21 heavy (non-hydrogen) atoms. The van der Waals surface area contributed by atoms with Crippen LogP contribution in [0.25, 0.3) is 11.1 Å². The molecule has 0 atom stereocenters. The Morgan fingerprint density at radius 2 is 1.95 bits per heavy atom. The number of carboxylic acids is 1. The molecule has 0 saturated carbocycles. The topological polar surface area (TPSA) is 55.8 Å². The van der Waals surface area contributed by atoms with Crippen molar-refractivity contribution in [2.75, 3.05) is 20.3 Å². The van der Waals surface area contributed by atoms with Gasteiger partial charge < -0.3 is 14.6 Å². The largest absolute Gasteiger partial charge is 0.491 e. The summed E-state index contributed by atoms with van der Waals surface area (Å²) in [6.07, 6.45) is 0. The predicted octanol–water partition coefficient (Wildman–Crippen LogP) is 3.73. The van der Waals surface area contributed by atoms with Crippen molar-refractivity contribution < 1.29 is 19.4 Å². The maximum absolute atomic E-state index is 11.2. The molecule has 0 aliphatic carbocycles. The summed E-state index contributed by atoms with van der Waals surface area (Å²) in [4.78, 5) is 11.2. The molecule has 2 rings (SSSR count). The number of carboxylic acid groups (broad SMARTS) is 1. The molecule has 0 heterocycles. The van der Waals surface area contributed by atoms with Gasteiger partial charge in [-0.2, -0.15) is 0 Å². The van der Waals surface area contributed by atoms with Crippen molar-refractivity contribution >= 4 is 17.6 Å². The van der Waals surface area contributed by atoms with Crippen LogP contribution in [0.2, 0.25) is 5.02 Å². The Balaban J connectivity index is 2.37. The van der Waals surface area contributed by atoms with Crippen molar-refractivity contribution in [2.45, 2.75) is 0 Å². The van der Waals surface area contributed by atoms with Crippen LogP contribution in [0.3, 0.4) is 0 Å². The molecular weight excluding hydrogens is 292 g/mol. The normalized spacial score (nSPS) is 10.4. The summed E-state index contributed by atoms with van der Waals surface area (Å²) in [5.74, 6) is -0.382. The Bertz CT molecular complexity index is 640. The van der Waals surface area contributed by atoms with E-state index in [1.54, 1.807) is 25.3 Å². The number of halogens is 1. The lowest BCUT2D eigenvalue weighted by molar-refractivity contribution is 0.0697. The van der Waals surface area contributed by atoms with Crippen LogP contribution in [0.5, 0.6) is 5.75 Å². The highest BCUT2D eigenvalue weighted by atomic mass is 35.5. The summed E-state index contributed by atoms with van der Waals surface area (Å²) < 4.78 is 10.6. The molecule has 0 radical (unpaired) electrons. The van der Waals surface area contributed by atoms with Gasteiger partial charge in [0.1, 0.15) is 12.4 Å². The van der Waals surface area contributed by atoms with Crippen molar-refractivity contribution in [3.8, 4) is 16.9 Å². The zero-order chi connectivity index (χ0) is 15.2. The molecule has 2 aromatic carbocycles. The molecule has 4 nitrogen and oxygen atoms in total. The Morgan fingerprint density at radius 1 is 1.19 bits per heavy atom. The quantitative estimate of drug-likeness (QED) is 0.826. The smallest absolute Gasteiger partial charge is 0.337 e. The predicted molar refractivity (Wildman–Crippen MR) is 81.2 cm³/mol. The first kappa shape index (κ1) is 15.4. The number of para-hydroxylation sites is 1. The van der Waals surface area contributed by atoms with Gasteiger partial charge in [0.25, 0.3) is 0 Å². The zero-order valence-corrected chi connectivity index (χ0v) is 12.3. The van der Waals surface area contributed by atoms with Gasteiger partial charge in [0.05, 0.1) is 17.2 Å². The first-order chi connectivity index (χ1) is 10.1. The number of rotatable bonds is 6. The van der Waals surface area contributed by atoms with Crippen LogP contribution in [-0.4, -0.2) is 31.4 Å². The lowest BCUT2D eigenvalue weighted by Crippen LogP contribution is -2.05. The zero-order valence-electron chi connectivity index (χ0n) is 11.5. The van der Waals surface area contributed by atoms with Gasteiger partial charge in [0.15, 0.2) is 0 Å². The molecule has 5 heteroatoms. The van der Waals surface area contributed by atoms with E-state index in [1.807, 2.05) is 24.3 Å². The Hall–Kier alpha value is -2.04. The second kappa shape index (κ2) is 7.11. The maximum Gasteiger partial charge on any atom is 0.337 e. The highest BCUT2D eigenvalue weighted by molar-refractivity contribution is 6.33. The van der Waals surface area contributed by atoms with Crippen LogP contribution in [-0.2, 0) is 4.74 Å². The van der Waals surface area contributed by atoms with Gasteiger partial charge in [-0.3, -0.25) is 0 Å². The highest BCUT2D eigenvalue weighted by Crippen LogP contribution is 2.32. The maximum atomic E-state index is 11.2. The second-order valence-electron chi connectivity index (χ2n) is 4.34. The van der Waals surface area contributed by atoms with Crippen LogP contribution in [0.1, 0.15) is 10.4 Å². The van der Waals surface area contributed by atoms with E-state index in [4.69, 9.17) is 26.2 Å². The van der Waals surface area contributed by atoms with Crippen molar-refractivity contribution in [1.82, 2.24) is 0 Å². The Labute approximate surface area is 127 Å². The van der Waals surface area contributed by atoms with Crippen molar-refractivity contribution in [3.63, 3.8) is 0 Å². The molecular formula is C16H15ClO4. The van der Waals surface area contributed by atoms with Crippen LogP contribution < -0.4 is 4.74 Å².